The molecule has 2 aromatic carbocycles. The second-order valence-electron chi connectivity index (χ2n) is 10.1. The van der Waals surface area contributed by atoms with Crippen LogP contribution in [0, 0.1) is 0 Å². The second-order valence-corrected chi connectivity index (χ2v) is 10.1. The van der Waals surface area contributed by atoms with Crippen LogP contribution in [0.5, 0.6) is 11.5 Å². The van der Waals surface area contributed by atoms with Crippen molar-refractivity contribution in [1.82, 2.24) is 19.8 Å². The third-order valence-electron chi connectivity index (χ3n) is 7.67. The number of imidazole rings is 1. The lowest BCUT2D eigenvalue weighted by Gasteiger charge is -2.29. The van der Waals surface area contributed by atoms with Crippen molar-refractivity contribution >= 4 is 16.9 Å². The maximum atomic E-state index is 13.0. The maximum Gasteiger partial charge on any atom is 0.251 e. The van der Waals surface area contributed by atoms with E-state index in [2.05, 4.69) is 40.0 Å². The molecule has 0 bridgehead atoms. The van der Waals surface area contributed by atoms with Crippen molar-refractivity contribution in [2.75, 3.05) is 39.5 Å². The van der Waals surface area contributed by atoms with Crippen molar-refractivity contribution in [3.05, 3.63) is 53.3 Å². The Balaban J connectivity index is 1.14. The first-order chi connectivity index (χ1) is 17.6. The van der Waals surface area contributed by atoms with Crippen LogP contribution in [0.3, 0.4) is 0 Å². The Labute approximate surface area is 211 Å². The molecule has 1 aliphatic carbocycles. The van der Waals surface area contributed by atoms with Gasteiger partial charge in [-0.05, 0) is 55.2 Å². The van der Waals surface area contributed by atoms with E-state index in [4.69, 9.17) is 19.2 Å². The third-order valence-corrected chi connectivity index (χ3v) is 7.67. The molecule has 1 aromatic heterocycles. The van der Waals surface area contributed by atoms with Gasteiger partial charge < -0.3 is 24.1 Å². The number of carbonyl (C=O) groups excluding carboxylic acids is 1. The Morgan fingerprint density at radius 1 is 1.03 bits per heavy atom. The van der Waals surface area contributed by atoms with Crippen molar-refractivity contribution in [1.29, 1.82) is 0 Å². The van der Waals surface area contributed by atoms with E-state index in [0.29, 0.717) is 36.2 Å². The van der Waals surface area contributed by atoms with Crippen molar-refractivity contribution in [2.24, 2.45) is 7.05 Å². The molecule has 2 aliphatic heterocycles. The summed E-state index contributed by atoms with van der Waals surface area (Å²) in [4.78, 5) is 20.5. The van der Waals surface area contributed by atoms with Crippen LogP contribution in [0.25, 0.3) is 11.0 Å². The zero-order chi connectivity index (χ0) is 24.5. The number of amides is 1. The molecule has 190 valence electrons. The van der Waals surface area contributed by atoms with E-state index < -0.39 is 0 Å². The fraction of sp³-hybridized carbons (Fsp3) is 0.500. The zero-order valence-electron chi connectivity index (χ0n) is 20.9. The SMILES string of the molecule is Cn1c(C2CCCC(NC(=O)c3ccc4c(c3)OCCO4)C2)nc2ccc(CN3CCOCC3)cc21. The first-order valence-electron chi connectivity index (χ1n) is 13.1. The minimum absolute atomic E-state index is 0.0598. The number of hydrogen-bond donors (Lipinski definition) is 1. The molecule has 36 heavy (non-hydrogen) atoms. The monoisotopic (exact) mass is 490 g/mol. The average molecular weight is 491 g/mol. The number of rotatable bonds is 5. The van der Waals surface area contributed by atoms with Crippen molar-refractivity contribution in [3.63, 3.8) is 0 Å². The van der Waals surface area contributed by atoms with Crippen molar-refractivity contribution < 1.29 is 19.0 Å². The lowest BCUT2D eigenvalue weighted by atomic mass is 9.85. The molecule has 3 aliphatic rings. The van der Waals surface area contributed by atoms with E-state index in [1.807, 2.05) is 12.1 Å². The van der Waals surface area contributed by atoms with Crippen LogP contribution in [0.1, 0.15) is 53.3 Å². The van der Waals surface area contributed by atoms with E-state index >= 15 is 0 Å². The predicted molar refractivity (Wildman–Crippen MR) is 137 cm³/mol. The molecule has 8 nitrogen and oxygen atoms in total. The van der Waals surface area contributed by atoms with Gasteiger partial charge in [0.05, 0.1) is 24.2 Å². The van der Waals surface area contributed by atoms with Crippen LogP contribution in [-0.4, -0.2) is 65.9 Å². The lowest BCUT2D eigenvalue weighted by molar-refractivity contribution is 0.0342. The second kappa shape index (κ2) is 10.1. The molecule has 3 heterocycles. The molecule has 1 amide bonds. The summed E-state index contributed by atoms with van der Waals surface area (Å²) >= 11 is 0. The summed E-state index contributed by atoms with van der Waals surface area (Å²) in [6.45, 7) is 5.58. The van der Waals surface area contributed by atoms with Gasteiger partial charge in [0.1, 0.15) is 19.0 Å². The number of hydrogen-bond acceptors (Lipinski definition) is 6. The number of morpholine rings is 1. The number of aryl methyl sites for hydroxylation is 1. The van der Waals surface area contributed by atoms with Gasteiger partial charge in [-0.3, -0.25) is 9.69 Å². The van der Waals surface area contributed by atoms with E-state index in [0.717, 1.165) is 69.9 Å². The Morgan fingerprint density at radius 2 is 1.86 bits per heavy atom. The molecular weight excluding hydrogens is 456 g/mol. The first kappa shape index (κ1) is 23.3. The van der Waals surface area contributed by atoms with Gasteiger partial charge >= 0.3 is 0 Å². The van der Waals surface area contributed by atoms with E-state index in [1.54, 1.807) is 6.07 Å². The van der Waals surface area contributed by atoms with Gasteiger partial charge in [-0.1, -0.05) is 12.5 Å². The summed E-state index contributed by atoms with van der Waals surface area (Å²) in [6.07, 6.45) is 4.05. The summed E-state index contributed by atoms with van der Waals surface area (Å²) in [7, 11) is 2.13. The fourth-order valence-electron chi connectivity index (χ4n) is 5.74. The Kier molecular flexibility index (Phi) is 6.54. The minimum Gasteiger partial charge on any atom is -0.486 e. The first-order valence-corrected chi connectivity index (χ1v) is 13.1. The highest BCUT2D eigenvalue weighted by Gasteiger charge is 2.28. The summed E-state index contributed by atoms with van der Waals surface area (Å²) in [5.74, 6) is 2.72. The van der Waals surface area contributed by atoms with E-state index in [9.17, 15) is 4.79 Å². The smallest absolute Gasteiger partial charge is 0.251 e. The molecule has 8 heteroatoms. The van der Waals surface area contributed by atoms with Crippen LogP contribution in [-0.2, 0) is 18.3 Å². The predicted octanol–water partition coefficient (Wildman–Crippen LogP) is 3.63. The molecule has 0 radical (unpaired) electrons. The maximum absolute atomic E-state index is 13.0. The lowest BCUT2D eigenvalue weighted by Crippen LogP contribution is -2.38. The van der Waals surface area contributed by atoms with Crippen LogP contribution >= 0.6 is 0 Å². The Morgan fingerprint density at radius 3 is 2.72 bits per heavy atom. The van der Waals surface area contributed by atoms with Gasteiger partial charge in [-0.2, -0.15) is 0 Å². The number of carbonyl (C=O) groups is 1. The van der Waals surface area contributed by atoms with E-state index in [-0.39, 0.29) is 11.9 Å². The van der Waals surface area contributed by atoms with Gasteiger partial charge in [-0.15, -0.1) is 0 Å². The number of benzene rings is 2. The van der Waals surface area contributed by atoms with E-state index in [1.165, 1.54) is 11.1 Å². The molecule has 2 fully saturated rings. The molecule has 3 aromatic rings. The number of fused-ring (bicyclic) bond motifs is 2. The number of nitrogens with one attached hydrogen (secondary N) is 1. The largest absolute Gasteiger partial charge is 0.486 e. The molecular formula is C28H34N4O4. The van der Waals surface area contributed by atoms with Gasteiger partial charge in [-0.25, -0.2) is 4.98 Å². The van der Waals surface area contributed by atoms with Gasteiger partial charge in [0.15, 0.2) is 11.5 Å². The quantitative estimate of drug-likeness (QED) is 0.589. The minimum atomic E-state index is -0.0598. The number of nitrogens with zero attached hydrogens (tertiary/aromatic N) is 3. The summed E-state index contributed by atoms with van der Waals surface area (Å²) in [5, 5.41) is 3.26. The molecule has 6 rings (SSSR count). The third kappa shape index (κ3) is 4.80. The topological polar surface area (TPSA) is 77.9 Å². The molecule has 2 unspecified atom stereocenters. The highest BCUT2D eigenvalue weighted by Crippen LogP contribution is 2.35. The van der Waals surface area contributed by atoms with Crippen molar-refractivity contribution in [3.8, 4) is 11.5 Å². The molecule has 0 spiro atoms. The average Bonchev–Trinajstić information content (AvgIpc) is 3.25. The Hall–Kier alpha value is -3.10. The zero-order valence-corrected chi connectivity index (χ0v) is 20.9. The summed E-state index contributed by atoms with van der Waals surface area (Å²) in [5.41, 5.74) is 4.14. The number of aromatic nitrogens is 2. The molecule has 2 atom stereocenters. The standard InChI is InChI=1S/C28H34N4O4/c1-31-24-15-19(18-32-9-11-34-12-10-32)5-7-23(24)30-27(31)20-3-2-4-22(16-20)29-28(33)21-6-8-25-26(17-21)36-14-13-35-25/h5-8,15,17,20,22H,2-4,9-14,16,18H2,1H3,(H,29,33). The van der Waals surface area contributed by atoms with Crippen LogP contribution < -0.4 is 14.8 Å². The summed E-state index contributed by atoms with van der Waals surface area (Å²) in [6, 6.07) is 12.2. The van der Waals surface area contributed by atoms with Crippen LogP contribution in [0.4, 0.5) is 0 Å². The number of ether oxygens (including phenoxy) is 3. The molecule has 1 N–H and O–H groups in total. The van der Waals surface area contributed by atoms with Crippen LogP contribution in [0.2, 0.25) is 0 Å². The summed E-state index contributed by atoms with van der Waals surface area (Å²) < 4.78 is 19.0. The molecule has 1 saturated heterocycles. The fourth-order valence-corrected chi connectivity index (χ4v) is 5.74. The highest BCUT2D eigenvalue weighted by molar-refractivity contribution is 5.95. The highest BCUT2D eigenvalue weighted by atomic mass is 16.6. The Bertz CT molecular complexity index is 1250. The normalized spacial score (nSPS) is 22.5. The van der Waals surface area contributed by atoms with Gasteiger partial charge in [0.2, 0.25) is 0 Å². The van der Waals surface area contributed by atoms with Gasteiger partial charge in [0, 0.05) is 44.2 Å². The van der Waals surface area contributed by atoms with Gasteiger partial charge in [0.25, 0.3) is 5.91 Å². The van der Waals surface area contributed by atoms with Crippen molar-refractivity contribution in [2.45, 2.75) is 44.2 Å². The molecule has 1 saturated carbocycles. The van der Waals surface area contributed by atoms with Crippen LogP contribution in [0.15, 0.2) is 36.4 Å².